The number of carbonyl (C=O) groups excluding carboxylic acids is 1. The Bertz CT molecular complexity index is 797. The first-order valence-electron chi connectivity index (χ1n) is 11.1. The van der Waals surface area contributed by atoms with Gasteiger partial charge in [-0.05, 0) is 67.3 Å². The maximum atomic E-state index is 13.1. The Morgan fingerprint density at radius 1 is 0.966 bits per heavy atom. The van der Waals surface area contributed by atoms with Crippen molar-refractivity contribution in [2.45, 2.75) is 63.7 Å². The first-order chi connectivity index (χ1) is 14.2. The number of rotatable bonds is 5. The molecule has 1 amide bonds. The summed E-state index contributed by atoms with van der Waals surface area (Å²) >= 11 is 0. The highest BCUT2D eigenvalue weighted by Crippen LogP contribution is 2.30. The van der Waals surface area contributed by atoms with Gasteiger partial charge in [-0.25, -0.2) is 4.39 Å². The van der Waals surface area contributed by atoms with Crippen LogP contribution in [0.1, 0.15) is 74.1 Å². The van der Waals surface area contributed by atoms with Crippen LogP contribution in [0.2, 0.25) is 0 Å². The molecule has 0 spiro atoms. The Morgan fingerprint density at radius 2 is 1.72 bits per heavy atom. The van der Waals surface area contributed by atoms with Crippen LogP contribution in [0.5, 0.6) is 0 Å². The summed E-state index contributed by atoms with van der Waals surface area (Å²) in [6.07, 6.45) is 11.9. The molecule has 1 saturated heterocycles. The summed E-state index contributed by atoms with van der Waals surface area (Å²) in [5.41, 5.74) is 3.29. The van der Waals surface area contributed by atoms with Crippen LogP contribution in [0.3, 0.4) is 0 Å². The molecule has 0 radical (unpaired) electrons. The van der Waals surface area contributed by atoms with Gasteiger partial charge in [-0.15, -0.1) is 0 Å². The first-order valence-corrected chi connectivity index (χ1v) is 11.1. The summed E-state index contributed by atoms with van der Waals surface area (Å²) in [6.45, 7) is 1.70. The van der Waals surface area contributed by atoms with Gasteiger partial charge in [-0.3, -0.25) is 9.78 Å². The number of benzene rings is 1. The normalized spacial score (nSPS) is 20.6. The zero-order valence-electron chi connectivity index (χ0n) is 17.2. The monoisotopic (exact) mass is 394 g/mol. The lowest BCUT2D eigenvalue weighted by Gasteiger charge is -2.34. The van der Waals surface area contributed by atoms with E-state index in [0.29, 0.717) is 17.7 Å². The molecule has 29 heavy (non-hydrogen) atoms. The number of aromatic nitrogens is 1. The van der Waals surface area contributed by atoms with Crippen molar-refractivity contribution in [3.05, 3.63) is 65.2 Å². The standard InChI is InChI=1S/C25H31FN2O/c26-23-11-8-20(9-12-23)15-21-10-13-24(27-17-21)22-7-4-14-28(18-22)25(29)16-19-5-2-1-3-6-19/h8-13,17,19,22H,1-7,14-16,18H2. The van der Waals surface area contributed by atoms with Gasteiger partial charge in [0.15, 0.2) is 0 Å². The summed E-state index contributed by atoms with van der Waals surface area (Å²) in [6, 6.07) is 10.9. The van der Waals surface area contributed by atoms with Gasteiger partial charge in [0.1, 0.15) is 5.82 Å². The SMILES string of the molecule is O=C(CC1CCCCC1)N1CCCC(c2ccc(Cc3ccc(F)cc3)cn2)C1. The van der Waals surface area contributed by atoms with Gasteiger partial charge in [0.2, 0.25) is 5.91 Å². The smallest absolute Gasteiger partial charge is 0.222 e. The molecule has 1 aromatic heterocycles. The van der Waals surface area contributed by atoms with Gasteiger partial charge in [0.05, 0.1) is 0 Å². The van der Waals surface area contributed by atoms with E-state index in [1.54, 1.807) is 0 Å². The van der Waals surface area contributed by atoms with E-state index in [-0.39, 0.29) is 5.82 Å². The van der Waals surface area contributed by atoms with Gasteiger partial charge in [0.25, 0.3) is 0 Å². The molecule has 3 nitrogen and oxygen atoms in total. The molecule has 2 aliphatic rings. The Kier molecular flexibility index (Phi) is 6.58. The van der Waals surface area contributed by atoms with Gasteiger partial charge >= 0.3 is 0 Å². The van der Waals surface area contributed by atoms with Crippen molar-refractivity contribution < 1.29 is 9.18 Å². The minimum Gasteiger partial charge on any atom is -0.342 e. The molecule has 2 fully saturated rings. The topological polar surface area (TPSA) is 33.2 Å². The molecule has 4 heteroatoms. The van der Waals surface area contributed by atoms with Crippen LogP contribution < -0.4 is 0 Å². The van der Waals surface area contributed by atoms with E-state index in [4.69, 9.17) is 4.98 Å². The molecule has 0 N–H and O–H groups in total. The number of hydrogen-bond acceptors (Lipinski definition) is 2. The molecular weight excluding hydrogens is 363 g/mol. The largest absolute Gasteiger partial charge is 0.342 e. The quantitative estimate of drug-likeness (QED) is 0.672. The van der Waals surface area contributed by atoms with E-state index < -0.39 is 0 Å². The van der Waals surface area contributed by atoms with Crippen molar-refractivity contribution in [3.8, 4) is 0 Å². The molecular formula is C25H31FN2O. The summed E-state index contributed by atoms with van der Waals surface area (Å²) < 4.78 is 13.1. The van der Waals surface area contributed by atoms with E-state index in [2.05, 4.69) is 17.0 Å². The van der Waals surface area contributed by atoms with Crippen LogP contribution in [0, 0.1) is 11.7 Å². The molecule has 2 aromatic rings. The number of nitrogens with zero attached hydrogens (tertiary/aromatic N) is 2. The number of hydrogen-bond donors (Lipinski definition) is 0. The first kappa shape index (κ1) is 20.1. The number of amides is 1. The average molecular weight is 395 g/mol. The van der Waals surface area contributed by atoms with Crippen LogP contribution in [0.25, 0.3) is 0 Å². The molecule has 1 saturated carbocycles. The molecule has 1 aromatic carbocycles. The van der Waals surface area contributed by atoms with Crippen LogP contribution in [0.15, 0.2) is 42.6 Å². The van der Waals surface area contributed by atoms with E-state index in [9.17, 15) is 9.18 Å². The Balaban J connectivity index is 1.34. The fraction of sp³-hybridized carbons (Fsp3) is 0.520. The Labute approximate surface area is 173 Å². The lowest BCUT2D eigenvalue weighted by Crippen LogP contribution is -2.40. The molecule has 1 unspecified atom stereocenters. The number of carbonyl (C=O) groups is 1. The van der Waals surface area contributed by atoms with Crippen LogP contribution in [0.4, 0.5) is 4.39 Å². The van der Waals surface area contributed by atoms with Crippen molar-refractivity contribution in [2.75, 3.05) is 13.1 Å². The number of pyridine rings is 1. The van der Waals surface area contributed by atoms with Crippen LogP contribution >= 0.6 is 0 Å². The van der Waals surface area contributed by atoms with E-state index in [1.165, 1.54) is 44.2 Å². The maximum Gasteiger partial charge on any atom is 0.222 e. The van der Waals surface area contributed by atoms with E-state index in [0.717, 1.165) is 55.6 Å². The van der Waals surface area contributed by atoms with Crippen molar-refractivity contribution in [1.82, 2.24) is 9.88 Å². The van der Waals surface area contributed by atoms with E-state index >= 15 is 0 Å². The maximum absolute atomic E-state index is 13.1. The predicted molar refractivity (Wildman–Crippen MR) is 113 cm³/mol. The highest BCUT2D eigenvalue weighted by Gasteiger charge is 2.27. The third kappa shape index (κ3) is 5.43. The van der Waals surface area contributed by atoms with Crippen molar-refractivity contribution in [1.29, 1.82) is 0 Å². The molecule has 0 bridgehead atoms. The van der Waals surface area contributed by atoms with Crippen molar-refractivity contribution in [2.24, 2.45) is 5.92 Å². The van der Waals surface area contributed by atoms with E-state index in [1.807, 2.05) is 18.3 Å². The van der Waals surface area contributed by atoms with Gasteiger partial charge in [0, 0.05) is 37.3 Å². The molecule has 4 rings (SSSR count). The Morgan fingerprint density at radius 3 is 2.45 bits per heavy atom. The molecule has 1 atom stereocenters. The molecule has 1 aliphatic carbocycles. The highest BCUT2D eigenvalue weighted by atomic mass is 19.1. The fourth-order valence-corrected chi connectivity index (χ4v) is 4.83. The second kappa shape index (κ2) is 9.51. The fourth-order valence-electron chi connectivity index (χ4n) is 4.83. The molecule has 1 aliphatic heterocycles. The average Bonchev–Trinajstić information content (AvgIpc) is 2.77. The zero-order chi connectivity index (χ0) is 20.1. The molecule has 2 heterocycles. The highest BCUT2D eigenvalue weighted by molar-refractivity contribution is 5.76. The summed E-state index contributed by atoms with van der Waals surface area (Å²) in [7, 11) is 0. The predicted octanol–water partition coefficient (Wildman–Crippen LogP) is 5.49. The minimum absolute atomic E-state index is 0.206. The van der Waals surface area contributed by atoms with Crippen LogP contribution in [-0.4, -0.2) is 28.9 Å². The third-order valence-corrected chi connectivity index (χ3v) is 6.55. The van der Waals surface area contributed by atoms with Crippen molar-refractivity contribution >= 4 is 5.91 Å². The minimum atomic E-state index is -0.206. The van der Waals surface area contributed by atoms with Crippen LogP contribution in [-0.2, 0) is 11.2 Å². The number of halogens is 1. The summed E-state index contributed by atoms with van der Waals surface area (Å²) in [5, 5.41) is 0. The zero-order valence-corrected chi connectivity index (χ0v) is 17.2. The van der Waals surface area contributed by atoms with Gasteiger partial charge in [-0.2, -0.15) is 0 Å². The third-order valence-electron chi connectivity index (χ3n) is 6.55. The Hall–Kier alpha value is -2.23. The lowest BCUT2D eigenvalue weighted by atomic mass is 9.86. The van der Waals surface area contributed by atoms with Gasteiger partial charge < -0.3 is 4.90 Å². The van der Waals surface area contributed by atoms with Crippen molar-refractivity contribution in [3.63, 3.8) is 0 Å². The molecule has 154 valence electrons. The summed E-state index contributed by atoms with van der Waals surface area (Å²) in [4.78, 5) is 19.6. The number of likely N-dealkylation sites (tertiary alicyclic amines) is 1. The second-order valence-electron chi connectivity index (χ2n) is 8.78. The number of piperidine rings is 1. The summed E-state index contributed by atoms with van der Waals surface area (Å²) in [5.74, 6) is 1.07. The second-order valence-corrected chi connectivity index (χ2v) is 8.78. The lowest BCUT2D eigenvalue weighted by molar-refractivity contribution is -0.133. The van der Waals surface area contributed by atoms with Gasteiger partial charge in [-0.1, -0.05) is 37.5 Å².